The van der Waals surface area contributed by atoms with Crippen LogP contribution in [0.2, 0.25) is 0 Å². The highest BCUT2D eigenvalue weighted by Gasteiger charge is 2.23. The van der Waals surface area contributed by atoms with Gasteiger partial charge in [0.2, 0.25) is 5.91 Å². The topological polar surface area (TPSA) is 76.7 Å². The van der Waals surface area contributed by atoms with Crippen LogP contribution in [-0.2, 0) is 9.59 Å². The van der Waals surface area contributed by atoms with Gasteiger partial charge < -0.3 is 20.1 Å². The molecule has 2 aromatic rings. The fourth-order valence-corrected chi connectivity index (χ4v) is 3.49. The largest absolute Gasteiger partial charge is 0.496 e. The van der Waals surface area contributed by atoms with Crippen molar-refractivity contribution in [3.05, 3.63) is 47.5 Å². The summed E-state index contributed by atoms with van der Waals surface area (Å²) in [6.07, 6.45) is 0.347. The van der Waals surface area contributed by atoms with E-state index in [2.05, 4.69) is 30.5 Å². The fraction of sp³-hybridized carbons (Fsp3) is 0.364. The van der Waals surface area contributed by atoms with Gasteiger partial charge in [-0.1, -0.05) is 32.0 Å². The number of nitrogens with one attached hydrogen (secondary N) is 2. The summed E-state index contributed by atoms with van der Waals surface area (Å²) in [5.74, 6) is 1.40. The van der Waals surface area contributed by atoms with Gasteiger partial charge in [-0.05, 0) is 48.1 Å². The number of carbonyl (C=O) groups is 2. The molecule has 6 nitrogen and oxygen atoms in total. The highest BCUT2D eigenvalue weighted by molar-refractivity contribution is 6.00. The first-order chi connectivity index (χ1) is 13.4. The lowest BCUT2D eigenvalue weighted by molar-refractivity contribution is -0.118. The number of carbonyl (C=O) groups excluding carboxylic acids is 2. The Labute approximate surface area is 165 Å². The second kappa shape index (κ2) is 8.33. The van der Waals surface area contributed by atoms with Crippen molar-refractivity contribution in [1.82, 2.24) is 0 Å². The number of benzene rings is 2. The molecule has 28 heavy (non-hydrogen) atoms. The Morgan fingerprint density at radius 3 is 2.75 bits per heavy atom. The molecule has 0 spiro atoms. The average molecular weight is 382 g/mol. The van der Waals surface area contributed by atoms with Gasteiger partial charge in [0.25, 0.3) is 5.91 Å². The lowest BCUT2D eigenvalue weighted by atomic mass is 9.85. The van der Waals surface area contributed by atoms with Crippen LogP contribution in [0, 0.1) is 12.8 Å². The maximum Gasteiger partial charge on any atom is 0.262 e. The van der Waals surface area contributed by atoms with Crippen LogP contribution < -0.4 is 20.1 Å². The Kier molecular flexibility index (Phi) is 5.87. The first-order valence-electron chi connectivity index (χ1n) is 9.39. The number of rotatable bonds is 6. The molecule has 3 rings (SSSR count). The van der Waals surface area contributed by atoms with E-state index in [-0.39, 0.29) is 24.3 Å². The van der Waals surface area contributed by atoms with Crippen LogP contribution in [-0.4, -0.2) is 25.5 Å². The molecule has 2 amide bonds. The molecular weight excluding hydrogens is 356 g/mol. The predicted molar refractivity (Wildman–Crippen MR) is 109 cm³/mol. The summed E-state index contributed by atoms with van der Waals surface area (Å²) in [6.45, 7) is 6.17. The van der Waals surface area contributed by atoms with Crippen LogP contribution in [0.5, 0.6) is 11.5 Å². The van der Waals surface area contributed by atoms with Gasteiger partial charge in [0.05, 0.1) is 18.5 Å². The molecule has 148 valence electrons. The van der Waals surface area contributed by atoms with E-state index in [1.165, 1.54) is 0 Å². The van der Waals surface area contributed by atoms with E-state index in [4.69, 9.17) is 9.47 Å². The summed E-state index contributed by atoms with van der Waals surface area (Å²) in [6, 6.07) is 11.3. The van der Waals surface area contributed by atoms with Gasteiger partial charge in [0, 0.05) is 6.42 Å². The molecule has 1 unspecified atom stereocenters. The third-order valence-electron chi connectivity index (χ3n) is 4.97. The van der Waals surface area contributed by atoms with Crippen molar-refractivity contribution in [2.45, 2.75) is 33.1 Å². The van der Waals surface area contributed by atoms with Gasteiger partial charge >= 0.3 is 0 Å². The van der Waals surface area contributed by atoms with Crippen LogP contribution in [0.25, 0.3) is 0 Å². The number of hydrogen-bond donors (Lipinski definition) is 2. The Bertz CT molecular complexity index is 892. The van der Waals surface area contributed by atoms with E-state index in [1.807, 2.05) is 19.1 Å². The Hall–Kier alpha value is -3.02. The molecule has 0 radical (unpaired) electrons. The normalized spacial score (nSPS) is 14.0. The summed E-state index contributed by atoms with van der Waals surface area (Å²) in [5, 5.41) is 5.69. The molecule has 0 saturated carbocycles. The Morgan fingerprint density at radius 2 is 2.07 bits per heavy atom. The fourth-order valence-electron chi connectivity index (χ4n) is 3.49. The summed E-state index contributed by atoms with van der Waals surface area (Å²) in [5.41, 5.74) is 3.30. The zero-order valence-corrected chi connectivity index (χ0v) is 16.7. The lowest BCUT2D eigenvalue weighted by Gasteiger charge is -2.23. The van der Waals surface area contributed by atoms with Gasteiger partial charge in [-0.25, -0.2) is 0 Å². The zero-order valence-electron chi connectivity index (χ0n) is 16.7. The Morgan fingerprint density at radius 1 is 1.29 bits per heavy atom. The summed E-state index contributed by atoms with van der Waals surface area (Å²) in [4.78, 5) is 24.3. The molecule has 0 bridgehead atoms. The lowest BCUT2D eigenvalue weighted by Crippen LogP contribution is -2.26. The molecule has 0 saturated heterocycles. The highest BCUT2D eigenvalue weighted by atomic mass is 16.5. The Balaban J connectivity index is 1.76. The summed E-state index contributed by atoms with van der Waals surface area (Å²) < 4.78 is 10.8. The summed E-state index contributed by atoms with van der Waals surface area (Å²) in [7, 11) is 1.65. The maximum absolute atomic E-state index is 12.8. The first kappa shape index (κ1) is 19.7. The van der Waals surface area contributed by atoms with Crippen molar-refractivity contribution in [2.75, 3.05) is 24.4 Å². The number of amides is 2. The van der Waals surface area contributed by atoms with Crippen LogP contribution in [0.3, 0.4) is 0 Å². The van der Waals surface area contributed by atoms with Crippen LogP contribution in [0.4, 0.5) is 11.4 Å². The molecule has 2 aromatic carbocycles. The molecule has 6 heteroatoms. The predicted octanol–water partition coefficient (Wildman–Crippen LogP) is 4.10. The number of hydrogen-bond acceptors (Lipinski definition) is 4. The molecule has 1 aliphatic heterocycles. The third-order valence-corrected chi connectivity index (χ3v) is 4.97. The number of methoxy groups -OCH3 is 1. The molecule has 1 atom stereocenters. The highest BCUT2D eigenvalue weighted by Crippen LogP contribution is 2.36. The van der Waals surface area contributed by atoms with Crippen molar-refractivity contribution >= 4 is 23.2 Å². The van der Waals surface area contributed by atoms with E-state index < -0.39 is 0 Å². The van der Waals surface area contributed by atoms with Crippen molar-refractivity contribution in [3.63, 3.8) is 0 Å². The first-order valence-corrected chi connectivity index (χ1v) is 9.39. The minimum atomic E-state index is -0.203. The molecule has 1 heterocycles. The van der Waals surface area contributed by atoms with Gasteiger partial charge in [-0.3, -0.25) is 9.59 Å². The monoisotopic (exact) mass is 382 g/mol. The molecule has 0 aliphatic carbocycles. The minimum absolute atomic E-state index is 0.0559. The van der Waals surface area contributed by atoms with Crippen LogP contribution in [0.15, 0.2) is 36.4 Å². The standard InChI is InChI=1S/C22H26N2O4/c1-13(2)16(15-8-9-19(27-4)14(3)10-15)11-20(25)23-17-6-5-7-18-22(17)28-12-21(26)24-18/h5-10,13,16H,11-12H2,1-4H3,(H,23,25)(H,24,26). The van der Waals surface area contributed by atoms with Crippen LogP contribution in [0.1, 0.15) is 37.3 Å². The SMILES string of the molecule is COc1ccc(C(CC(=O)Nc2cccc3c2OCC(=O)N3)C(C)C)cc1C. The number of ether oxygens (including phenoxy) is 2. The maximum atomic E-state index is 12.8. The zero-order chi connectivity index (χ0) is 20.3. The van der Waals surface area contributed by atoms with Gasteiger partial charge in [0.1, 0.15) is 5.75 Å². The number of anilines is 2. The van der Waals surface area contributed by atoms with Crippen molar-refractivity contribution in [1.29, 1.82) is 0 Å². The minimum Gasteiger partial charge on any atom is -0.496 e. The van der Waals surface area contributed by atoms with E-state index >= 15 is 0 Å². The van der Waals surface area contributed by atoms with E-state index in [9.17, 15) is 9.59 Å². The van der Waals surface area contributed by atoms with Crippen molar-refractivity contribution in [2.24, 2.45) is 5.92 Å². The number of para-hydroxylation sites is 1. The summed E-state index contributed by atoms with van der Waals surface area (Å²) >= 11 is 0. The average Bonchev–Trinajstić information content (AvgIpc) is 2.65. The van der Waals surface area contributed by atoms with Gasteiger partial charge in [-0.15, -0.1) is 0 Å². The third kappa shape index (κ3) is 4.27. The van der Waals surface area contributed by atoms with Crippen molar-refractivity contribution in [3.8, 4) is 11.5 Å². The second-order valence-corrected chi connectivity index (χ2v) is 7.35. The molecule has 0 fully saturated rings. The molecule has 2 N–H and O–H groups in total. The van der Waals surface area contributed by atoms with E-state index in [0.717, 1.165) is 16.9 Å². The smallest absolute Gasteiger partial charge is 0.262 e. The molecular formula is C22H26N2O4. The van der Waals surface area contributed by atoms with Crippen molar-refractivity contribution < 1.29 is 19.1 Å². The molecule has 0 aromatic heterocycles. The van der Waals surface area contributed by atoms with Gasteiger partial charge in [0.15, 0.2) is 12.4 Å². The van der Waals surface area contributed by atoms with Crippen LogP contribution >= 0.6 is 0 Å². The van der Waals surface area contributed by atoms with E-state index in [0.29, 0.717) is 29.5 Å². The molecule has 1 aliphatic rings. The van der Waals surface area contributed by atoms with E-state index in [1.54, 1.807) is 25.3 Å². The quantitative estimate of drug-likeness (QED) is 0.788. The van der Waals surface area contributed by atoms with Gasteiger partial charge in [-0.2, -0.15) is 0 Å². The number of aryl methyl sites for hydroxylation is 1. The second-order valence-electron chi connectivity index (χ2n) is 7.35. The number of fused-ring (bicyclic) bond motifs is 1.